The first kappa shape index (κ1) is 11.1. The summed E-state index contributed by atoms with van der Waals surface area (Å²) in [5.41, 5.74) is -0.297. The molecule has 0 atom stereocenters. The highest BCUT2D eigenvalue weighted by molar-refractivity contribution is 5.88. The predicted molar refractivity (Wildman–Crippen MR) is 54.4 cm³/mol. The lowest BCUT2D eigenvalue weighted by atomic mass is 10.2. The number of carbonyl (C=O) groups is 1. The van der Waals surface area contributed by atoms with Crippen LogP contribution >= 0.6 is 0 Å². The molecule has 2 aromatic rings. The van der Waals surface area contributed by atoms with Gasteiger partial charge in [0, 0.05) is 12.4 Å². The van der Waals surface area contributed by atoms with Crippen LogP contribution in [0.25, 0.3) is 11.4 Å². The number of ether oxygens (including phenoxy) is 1. The maximum Gasteiger partial charge on any atom is 0.359 e. The van der Waals surface area contributed by atoms with E-state index < -0.39 is 17.5 Å². The van der Waals surface area contributed by atoms with E-state index >= 15 is 0 Å². The zero-order valence-corrected chi connectivity index (χ0v) is 8.79. The van der Waals surface area contributed by atoms with Crippen molar-refractivity contribution in [2.75, 3.05) is 7.11 Å². The Hall–Kier alpha value is -2.44. The van der Waals surface area contributed by atoms with Crippen LogP contribution in [0, 0.1) is 5.82 Å². The minimum absolute atomic E-state index is 0.0894. The van der Waals surface area contributed by atoms with Gasteiger partial charge in [-0.15, -0.1) is 0 Å². The maximum atomic E-state index is 13.9. The first-order valence-electron chi connectivity index (χ1n) is 4.59. The van der Waals surface area contributed by atoms with Crippen LogP contribution in [0.3, 0.4) is 0 Å². The van der Waals surface area contributed by atoms with Crippen LogP contribution in [0.15, 0.2) is 24.9 Å². The van der Waals surface area contributed by atoms with Crippen molar-refractivity contribution >= 4 is 5.97 Å². The molecule has 0 spiro atoms. The first-order valence-corrected chi connectivity index (χ1v) is 4.59. The van der Waals surface area contributed by atoms with Gasteiger partial charge >= 0.3 is 5.97 Å². The van der Waals surface area contributed by atoms with Crippen LogP contribution < -0.4 is 0 Å². The third kappa shape index (κ3) is 2.07. The van der Waals surface area contributed by atoms with Crippen molar-refractivity contribution in [3.63, 3.8) is 0 Å². The molecule has 2 heterocycles. The standard InChI is InChI=1S/C10H7FN4O2/c1-17-10(16)9-7(11)8(14-5-15-9)6-4-12-2-3-13-6/h2-5H,1H3. The normalized spacial score (nSPS) is 10.0. The van der Waals surface area contributed by atoms with E-state index in [4.69, 9.17) is 0 Å². The fourth-order valence-electron chi connectivity index (χ4n) is 1.21. The summed E-state index contributed by atoms with van der Waals surface area (Å²) in [5, 5.41) is 0. The molecule has 0 amide bonds. The Bertz CT molecular complexity index is 547. The summed E-state index contributed by atoms with van der Waals surface area (Å²) in [6, 6.07) is 0. The number of carbonyl (C=O) groups excluding carboxylic acids is 1. The first-order chi connectivity index (χ1) is 8.24. The highest BCUT2D eigenvalue weighted by Crippen LogP contribution is 2.18. The number of esters is 1. The highest BCUT2D eigenvalue weighted by atomic mass is 19.1. The fraction of sp³-hybridized carbons (Fsp3) is 0.100. The van der Waals surface area contributed by atoms with Gasteiger partial charge in [-0.3, -0.25) is 9.97 Å². The largest absolute Gasteiger partial charge is 0.464 e. The average Bonchev–Trinajstić information content (AvgIpc) is 2.39. The van der Waals surface area contributed by atoms with Crippen molar-refractivity contribution in [2.45, 2.75) is 0 Å². The SMILES string of the molecule is COC(=O)c1ncnc(-c2cnccn2)c1F. The zero-order chi connectivity index (χ0) is 12.3. The van der Waals surface area contributed by atoms with Crippen LogP contribution in [0.5, 0.6) is 0 Å². The Kier molecular flexibility index (Phi) is 2.99. The Balaban J connectivity index is 2.54. The Morgan fingerprint density at radius 2 is 2.12 bits per heavy atom. The Morgan fingerprint density at radius 1 is 1.29 bits per heavy atom. The van der Waals surface area contributed by atoms with Crippen molar-refractivity contribution in [1.29, 1.82) is 0 Å². The van der Waals surface area contributed by atoms with Crippen LogP contribution in [-0.4, -0.2) is 33.0 Å². The lowest BCUT2D eigenvalue weighted by Gasteiger charge is -2.03. The molecular weight excluding hydrogens is 227 g/mol. The predicted octanol–water partition coefficient (Wildman–Crippen LogP) is 0.859. The van der Waals surface area contributed by atoms with Gasteiger partial charge in [-0.25, -0.2) is 19.2 Å². The van der Waals surface area contributed by atoms with Crippen LogP contribution in [0.1, 0.15) is 10.5 Å². The molecule has 2 rings (SSSR count). The molecule has 6 nitrogen and oxygen atoms in total. The van der Waals surface area contributed by atoms with Gasteiger partial charge in [0.1, 0.15) is 17.7 Å². The summed E-state index contributed by atoms with van der Waals surface area (Å²) < 4.78 is 18.3. The van der Waals surface area contributed by atoms with Crippen molar-refractivity contribution in [3.05, 3.63) is 36.4 Å². The third-order valence-corrected chi connectivity index (χ3v) is 1.97. The lowest BCUT2D eigenvalue weighted by molar-refractivity contribution is 0.0588. The summed E-state index contributed by atoms with van der Waals surface area (Å²) >= 11 is 0. The minimum atomic E-state index is -0.875. The van der Waals surface area contributed by atoms with E-state index in [2.05, 4.69) is 24.7 Å². The van der Waals surface area contributed by atoms with E-state index in [0.29, 0.717) is 0 Å². The molecule has 0 aromatic carbocycles. The summed E-state index contributed by atoms with van der Waals surface area (Å²) in [5.74, 6) is -1.74. The van der Waals surface area contributed by atoms with Gasteiger partial charge in [-0.05, 0) is 0 Å². The average molecular weight is 234 g/mol. The van der Waals surface area contributed by atoms with E-state index in [1.165, 1.54) is 18.6 Å². The molecule has 0 saturated carbocycles. The molecule has 0 N–H and O–H groups in total. The van der Waals surface area contributed by atoms with Gasteiger partial charge in [0.05, 0.1) is 13.3 Å². The molecule has 0 fully saturated rings. The van der Waals surface area contributed by atoms with E-state index in [1.54, 1.807) is 0 Å². The molecule has 0 unspecified atom stereocenters. The van der Waals surface area contributed by atoms with Crippen LogP contribution in [0.2, 0.25) is 0 Å². The number of methoxy groups -OCH3 is 1. The highest BCUT2D eigenvalue weighted by Gasteiger charge is 2.19. The van der Waals surface area contributed by atoms with E-state index in [0.717, 1.165) is 13.4 Å². The Morgan fingerprint density at radius 3 is 2.76 bits per heavy atom. The minimum Gasteiger partial charge on any atom is -0.464 e. The van der Waals surface area contributed by atoms with Crippen molar-refractivity contribution in [1.82, 2.24) is 19.9 Å². The third-order valence-electron chi connectivity index (χ3n) is 1.97. The summed E-state index contributed by atoms with van der Waals surface area (Å²) in [6.45, 7) is 0. The Labute approximate surface area is 95.5 Å². The maximum absolute atomic E-state index is 13.9. The van der Waals surface area contributed by atoms with Crippen molar-refractivity contribution < 1.29 is 13.9 Å². The van der Waals surface area contributed by atoms with Crippen LogP contribution in [-0.2, 0) is 4.74 Å². The summed E-state index contributed by atoms with van der Waals surface area (Å²) in [6.07, 6.45) is 5.25. The van der Waals surface area contributed by atoms with E-state index in [-0.39, 0.29) is 11.4 Å². The molecule has 0 aliphatic heterocycles. The fourth-order valence-corrected chi connectivity index (χ4v) is 1.21. The molecule has 0 bridgehead atoms. The smallest absolute Gasteiger partial charge is 0.359 e. The molecular formula is C10H7FN4O2. The van der Waals surface area contributed by atoms with E-state index in [9.17, 15) is 9.18 Å². The van der Waals surface area contributed by atoms with Crippen LogP contribution in [0.4, 0.5) is 4.39 Å². The molecule has 0 radical (unpaired) electrons. The summed E-state index contributed by atoms with van der Waals surface area (Å²) in [7, 11) is 1.14. The number of nitrogens with zero attached hydrogens (tertiary/aromatic N) is 4. The van der Waals surface area contributed by atoms with Crippen molar-refractivity contribution in [3.8, 4) is 11.4 Å². The number of aromatic nitrogens is 4. The lowest BCUT2D eigenvalue weighted by Crippen LogP contribution is -2.09. The molecule has 7 heteroatoms. The molecule has 86 valence electrons. The number of hydrogen-bond donors (Lipinski definition) is 0. The quantitative estimate of drug-likeness (QED) is 0.717. The molecule has 17 heavy (non-hydrogen) atoms. The zero-order valence-electron chi connectivity index (χ0n) is 8.79. The second kappa shape index (κ2) is 4.60. The molecule has 0 aliphatic rings. The van der Waals surface area contributed by atoms with Gasteiger partial charge in [0.2, 0.25) is 0 Å². The number of hydrogen-bond acceptors (Lipinski definition) is 6. The topological polar surface area (TPSA) is 77.9 Å². The monoisotopic (exact) mass is 234 g/mol. The molecule has 0 aliphatic carbocycles. The van der Waals surface area contributed by atoms with Gasteiger partial charge in [0.25, 0.3) is 0 Å². The number of rotatable bonds is 2. The van der Waals surface area contributed by atoms with Gasteiger partial charge in [0.15, 0.2) is 11.5 Å². The summed E-state index contributed by atoms with van der Waals surface area (Å²) in [4.78, 5) is 26.2. The van der Waals surface area contributed by atoms with Gasteiger partial charge in [-0.2, -0.15) is 0 Å². The van der Waals surface area contributed by atoms with Crippen molar-refractivity contribution in [2.24, 2.45) is 0 Å². The molecule has 0 saturated heterocycles. The second-order valence-corrected chi connectivity index (χ2v) is 2.97. The molecule has 2 aromatic heterocycles. The van der Waals surface area contributed by atoms with Gasteiger partial charge in [-0.1, -0.05) is 0 Å². The van der Waals surface area contributed by atoms with Gasteiger partial charge < -0.3 is 4.74 Å². The second-order valence-electron chi connectivity index (χ2n) is 2.97. The number of halogens is 1. The van der Waals surface area contributed by atoms with E-state index in [1.807, 2.05) is 0 Å².